The minimum atomic E-state index is -4.32. The van der Waals surface area contributed by atoms with E-state index in [9.17, 15) is 26.4 Å². The maximum Gasteiger partial charge on any atom is 0.393 e. The first-order chi connectivity index (χ1) is 10.1. The van der Waals surface area contributed by atoms with Crippen LogP contribution in [0.1, 0.15) is 32.1 Å². The maximum absolute atomic E-state index is 12.8. The number of hydrogen-bond acceptors (Lipinski definition) is 3. The molecule has 2 aliphatic heterocycles. The Balaban J connectivity index is 2.12. The van der Waals surface area contributed by atoms with E-state index in [0.717, 1.165) is 10.6 Å². The number of piperidine rings is 2. The van der Waals surface area contributed by atoms with Crippen molar-refractivity contribution < 1.29 is 26.4 Å². The fourth-order valence-corrected chi connectivity index (χ4v) is 4.32. The van der Waals surface area contributed by atoms with Crippen molar-refractivity contribution in [3.8, 4) is 0 Å². The summed E-state index contributed by atoms with van der Waals surface area (Å²) < 4.78 is 63.2. The van der Waals surface area contributed by atoms with Gasteiger partial charge in [0, 0.05) is 19.6 Å². The number of carbonyl (C=O) groups excluding carboxylic acids is 1. The molecule has 0 aliphatic carbocycles. The number of likely N-dealkylation sites (tertiary alicyclic amines) is 1. The summed E-state index contributed by atoms with van der Waals surface area (Å²) in [5, 5.41) is 0. The SMILES string of the molecule is CS(=O)(=O)N1CCCCC1C(=O)N1CCCC(C(F)(F)F)C1. The van der Waals surface area contributed by atoms with E-state index >= 15 is 0 Å². The van der Waals surface area contributed by atoms with Gasteiger partial charge in [-0.1, -0.05) is 6.42 Å². The molecule has 0 aromatic carbocycles. The standard InChI is InChI=1S/C13H21F3N2O3S/c1-22(20,21)18-8-3-2-6-11(18)12(19)17-7-4-5-10(9-17)13(14,15)16/h10-11H,2-9H2,1H3. The van der Waals surface area contributed by atoms with Gasteiger partial charge in [-0.2, -0.15) is 17.5 Å². The van der Waals surface area contributed by atoms with Gasteiger partial charge in [-0.3, -0.25) is 4.79 Å². The fraction of sp³-hybridized carbons (Fsp3) is 0.923. The van der Waals surface area contributed by atoms with Crippen LogP contribution in [0, 0.1) is 5.92 Å². The molecule has 0 spiro atoms. The van der Waals surface area contributed by atoms with Gasteiger partial charge in [0.1, 0.15) is 6.04 Å². The van der Waals surface area contributed by atoms with Crippen LogP contribution in [0.4, 0.5) is 13.2 Å². The average Bonchev–Trinajstić information content (AvgIpc) is 2.45. The molecule has 1 amide bonds. The van der Waals surface area contributed by atoms with Crippen LogP contribution in [-0.2, 0) is 14.8 Å². The average molecular weight is 342 g/mol. The van der Waals surface area contributed by atoms with Crippen LogP contribution in [-0.4, -0.2) is 61.6 Å². The van der Waals surface area contributed by atoms with Crippen LogP contribution in [0.3, 0.4) is 0 Å². The number of nitrogens with zero attached hydrogens (tertiary/aromatic N) is 2. The van der Waals surface area contributed by atoms with Crippen molar-refractivity contribution in [3.63, 3.8) is 0 Å². The topological polar surface area (TPSA) is 57.7 Å². The van der Waals surface area contributed by atoms with Crippen LogP contribution in [0.15, 0.2) is 0 Å². The van der Waals surface area contributed by atoms with Gasteiger partial charge in [-0.05, 0) is 25.7 Å². The molecule has 128 valence electrons. The first-order valence-electron chi connectivity index (χ1n) is 7.43. The lowest BCUT2D eigenvalue weighted by molar-refractivity contribution is -0.188. The molecule has 0 aromatic rings. The molecule has 2 unspecified atom stereocenters. The molecule has 0 radical (unpaired) electrons. The first-order valence-corrected chi connectivity index (χ1v) is 9.28. The molecule has 2 rings (SSSR count). The summed E-state index contributed by atoms with van der Waals surface area (Å²) in [4.78, 5) is 13.7. The molecule has 2 heterocycles. The number of hydrogen-bond donors (Lipinski definition) is 0. The van der Waals surface area contributed by atoms with Gasteiger partial charge < -0.3 is 4.90 Å². The lowest BCUT2D eigenvalue weighted by Gasteiger charge is -2.39. The highest BCUT2D eigenvalue weighted by Gasteiger charge is 2.44. The molecule has 2 fully saturated rings. The highest BCUT2D eigenvalue weighted by molar-refractivity contribution is 7.88. The number of carbonyl (C=O) groups is 1. The Morgan fingerprint density at radius 2 is 1.77 bits per heavy atom. The number of sulfonamides is 1. The summed E-state index contributed by atoms with van der Waals surface area (Å²) in [5.74, 6) is -2.00. The predicted octanol–water partition coefficient (Wildman–Crippen LogP) is 1.60. The van der Waals surface area contributed by atoms with Gasteiger partial charge in [-0.25, -0.2) is 8.42 Å². The van der Waals surface area contributed by atoms with Gasteiger partial charge >= 0.3 is 6.18 Å². The third-order valence-corrected chi connectivity index (χ3v) is 5.65. The van der Waals surface area contributed by atoms with Gasteiger partial charge in [0.2, 0.25) is 15.9 Å². The summed E-state index contributed by atoms with van der Waals surface area (Å²) >= 11 is 0. The zero-order valence-electron chi connectivity index (χ0n) is 12.5. The van der Waals surface area contributed by atoms with E-state index in [-0.39, 0.29) is 26.1 Å². The molecule has 2 atom stereocenters. The van der Waals surface area contributed by atoms with Crippen LogP contribution in [0.5, 0.6) is 0 Å². The Kier molecular flexibility index (Phi) is 5.06. The van der Waals surface area contributed by atoms with E-state index < -0.39 is 34.1 Å². The molecule has 0 aromatic heterocycles. The van der Waals surface area contributed by atoms with Crippen molar-refractivity contribution in [3.05, 3.63) is 0 Å². The number of amides is 1. The van der Waals surface area contributed by atoms with Gasteiger partial charge in [0.05, 0.1) is 12.2 Å². The molecule has 9 heteroatoms. The van der Waals surface area contributed by atoms with Gasteiger partial charge in [0.15, 0.2) is 0 Å². The van der Waals surface area contributed by atoms with E-state index in [1.165, 1.54) is 4.90 Å². The predicted molar refractivity (Wildman–Crippen MR) is 74.5 cm³/mol. The highest BCUT2D eigenvalue weighted by atomic mass is 32.2. The molecule has 22 heavy (non-hydrogen) atoms. The monoisotopic (exact) mass is 342 g/mol. The zero-order chi connectivity index (χ0) is 16.5. The second kappa shape index (κ2) is 6.35. The second-order valence-corrected chi connectivity index (χ2v) is 7.99. The Labute approximate surface area is 128 Å². The molecular formula is C13H21F3N2O3S. The number of rotatable bonds is 2. The fourth-order valence-electron chi connectivity index (χ4n) is 3.20. The maximum atomic E-state index is 12.8. The Morgan fingerprint density at radius 1 is 1.09 bits per heavy atom. The van der Waals surface area contributed by atoms with E-state index in [2.05, 4.69) is 0 Å². The molecular weight excluding hydrogens is 321 g/mol. The Hall–Kier alpha value is -0.830. The smallest absolute Gasteiger partial charge is 0.341 e. The highest BCUT2D eigenvalue weighted by Crippen LogP contribution is 2.34. The summed E-state index contributed by atoms with van der Waals surface area (Å²) in [6, 6.07) is -0.851. The van der Waals surface area contributed by atoms with Gasteiger partial charge in [-0.15, -0.1) is 0 Å². The van der Waals surface area contributed by atoms with E-state index in [4.69, 9.17) is 0 Å². The van der Waals surface area contributed by atoms with Crippen molar-refractivity contribution in [1.82, 2.24) is 9.21 Å². The molecule has 0 saturated carbocycles. The third-order valence-electron chi connectivity index (χ3n) is 4.36. The normalized spacial score (nSPS) is 28.6. The van der Waals surface area contributed by atoms with Crippen molar-refractivity contribution in [2.75, 3.05) is 25.9 Å². The van der Waals surface area contributed by atoms with Crippen molar-refractivity contribution in [1.29, 1.82) is 0 Å². The van der Waals surface area contributed by atoms with Crippen molar-refractivity contribution in [2.45, 2.75) is 44.3 Å². The minimum Gasteiger partial charge on any atom is -0.341 e. The number of alkyl halides is 3. The number of halogens is 3. The van der Waals surface area contributed by atoms with E-state index in [1.54, 1.807) is 0 Å². The largest absolute Gasteiger partial charge is 0.393 e. The molecule has 5 nitrogen and oxygen atoms in total. The summed E-state index contributed by atoms with van der Waals surface area (Å²) in [6.45, 7) is 0.154. The van der Waals surface area contributed by atoms with E-state index in [1.807, 2.05) is 0 Å². The molecule has 0 bridgehead atoms. The first kappa shape index (κ1) is 17.5. The van der Waals surface area contributed by atoms with Crippen LogP contribution in [0.2, 0.25) is 0 Å². The van der Waals surface area contributed by atoms with Crippen LogP contribution in [0.25, 0.3) is 0 Å². The summed E-state index contributed by atoms with van der Waals surface area (Å²) in [5.41, 5.74) is 0. The Bertz CT molecular complexity index is 521. The van der Waals surface area contributed by atoms with Crippen molar-refractivity contribution >= 4 is 15.9 Å². The molecule has 2 saturated heterocycles. The minimum absolute atomic E-state index is 0.0216. The summed E-state index contributed by atoms with van der Waals surface area (Å²) in [7, 11) is -3.54. The molecule has 0 N–H and O–H groups in total. The van der Waals surface area contributed by atoms with Gasteiger partial charge in [0.25, 0.3) is 0 Å². The summed E-state index contributed by atoms with van der Waals surface area (Å²) in [6.07, 6.45) is -1.22. The third kappa shape index (κ3) is 3.92. The van der Waals surface area contributed by atoms with Crippen LogP contribution < -0.4 is 0 Å². The van der Waals surface area contributed by atoms with Crippen molar-refractivity contribution in [2.24, 2.45) is 5.92 Å². The zero-order valence-corrected chi connectivity index (χ0v) is 13.3. The lowest BCUT2D eigenvalue weighted by Crippen LogP contribution is -2.55. The molecule has 2 aliphatic rings. The second-order valence-electron chi connectivity index (χ2n) is 6.05. The quantitative estimate of drug-likeness (QED) is 0.766. The lowest BCUT2D eigenvalue weighted by atomic mass is 9.95. The van der Waals surface area contributed by atoms with E-state index in [0.29, 0.717) is 25.7 Å². The van der Waals surface area contributed by atoms with Crippen LogP contribution >= 0.6 is 0 Å². The Morgan fingerprint density at radius 3 is 2.36 bits per heavy atom.